The van der Waals surface area contributed by atoms with Gasteiger partial charge in [-0.05, 0) is 121 Å². The fraction of sp³-hybridized carbons (Fsp3) is 0.576. The summed E-state index contributed by atoms with van der Waals surface area (Å²) in [6.45, 7) is 0.449. The molecule has 0 amide bonds. The second-order valence-electron chi connectivity index (χ2n) is 14.6. The van der Waals surface area contributed by atoms with E-state index in [0.717, 1.165) is 24.3 Å². The molecule has 0 radical (unpaired) electrons. The predicted molar refractivity (Wildman–Crippen MR) is 144 cm³/mol. The van der Waals surface area contributed by atoms with Crippen LogP contribution in [0.5, 0.6) is 0 Å². The van der Waals surface area contributed by atoms with Crippen LogP contribution in [0, 0.1) is 64.0 Å². The Morgan fingerprint density at radius 3 is 2.07 bits per heavy atom. The van der Waals surface area contributed by atoms with Crippen LogP contribution in [0.25, 0.3) is 0 Å². The molecule has 2 aromatic rings. The first-order chi connectivity index (χ1) is 20.6. The molecule has 8 aliphatic rings. The number of aryl methyl sites for hydroxylation is 1. The number of aliphatic carboxylic acids is 1. The minimum atomic E-state index is -5.16. The maximum absolute atomic E-state index is 15.0. The van der Waals surface area contributed by atoms with E-state index >= 15 is 0 Å². The molecule has 2 aromatic carbocycles. The largest absolute Gasteiger partial charge is 0.481 e. The van der Waals surface area contributed by atoms with E-state index < -0.39 is 60.5 Å². The lowest BCUT2D eigenvalue weighted by molar-refractivity contribution is -0.626. The summed E-state index contributed by atoms with van der Waals surface area (Å²) >= 11 is 0. The zero-order valence-corrected chi connectivity index (χ0v) is 24.4. The van der Waals surface area contributed by atoms with Gasteiger partial charge in [-0.15, -0.1) is 0 Å². The molecule has 1 unspecified atom stereocenters. The van der Waals surface area contributed by atoms with Gasteiger partial charge >= 0.3 is 12.1 Å². The highest BCUT2D eigenvalue weighted by molar-refractivity contribution is 7.92. The number of alkyl halides is 4. The van der Waals surface area contributed by atoms with E-state index in [1.54, 1.807) is 0 Å². The van der Waals surface area contributed by atoms with Crippen LogP contribution in [-0.4, -0.2) is 31.5 Å². The van der Waals surface area contributed by atoms with Crippen molar-refractivity contribution in [2.24, 2.45) is 58.2 Å². The molecule has 0 aromatic heterocycles. The first kappa shape index (κ1) is 27.5. The van der Waals surface area contributed by atoms with E-state index in [0.29, 0.717) is 30.9 Å². The summed E-state index contributed by atoms with van der Waals surface area (Å²) in [7, 11) is -4.24. The monoisotopic (exact) mass is 632 g/mol. The molecule has 0 saturated heterocycles. The molecule has 1 N–H and O–H groups in total. The number of hydrogen-bond donors (Lipinski definition) is 1. The van der Waals surface area contributed by atoms with Crippen molar-refractivity contribution in [1.82, 2.24) is 0 Å². The van der Waals surface area contributed by atoms with Crippen molar-refractivity contribution in [3.05, 3.63) is 65.0 Å². The summed E-state index contributed by atoms with van der Waals surface area (Å²) in [5.74, 6) is -1.36. The van der Waals surface area contributed by atoms with Gasteiger partial charge in [-0.2, -0.15) is 13.2 Å². The van der Waals surface area contributed by atoms with Gasteiger partial charge in [0.25, 0.3) is 0 Å². The Kier molecular flexibility index (Phi) is 4.74. The van der Waals surface area contributed by atoms with Crippen LogP contribution in [0.3, 0.4) is 0 Å². The molecule has 11 heteroatoms. The van der Waals surface area contributed by atoms with Crippen molar-refractivity contribution in [3.8, 4) is 0 Å². The standard InChI is InChI=1S/C33H29F5O5S/c1-29(35,33(36,37)38)16-3-9-20-14(12-16)2-8-19-15(10-11-30(19,20)44(42,43)18-6-4-17(34)5-7-18)13-21(39)31-22-25-23(31)27-24(31)26(22)32(25,27)28(40)41/h3-7,9,12,15,19,22-27H,2,8,10-11,13H2,1H3,(H,40,41)/t15-,19-,22?,23?,24?,25?,26?,27?,29?,30-,31?,32?/m0/s1. The number of carboxylic acid groups (broad SMARTS) is 1. The number of benzene rings is 2. The molecule has 0 bridgehead atoms. The number of Topliss-reactive ketones (excluding diaryl/α,β-unsaturated/α-hetero) is 1. The molecule has 10 rings (SSSR count). The summed E-state index contributed by atoms with van der Waals surface area (Å²) in [6, 6.07) is 7.94. The molecule has 232 valence electrons. The lowest BCUT2D eigenvalue weighted by Crippen LogP contribution is -3.11. The topological polar surface area (TPSA) is 88.5 Å². The maximum atomic E-state index is 15.0. The number of fused-ring (bicyclic) bond motifs is 3. The number of ketones is 1. The van der Waals surface area contributed by atoms with Gasteiger partial charge in [0.15, 0.2) is 9.84 Å². The molecule has 7 saturated carbocycles. The van der Waals surface area contributed by atoms with Gasteiger partial charge in [0.2, 0.25) is 5.67 Å². The Morgan fingerprint density at radius 1 is 0.909 bits per heavy atom. The average molecular weight is 633 g/mol. The highest BCUT2D eigenvalue weighted by Gasteiger charge is 3.12. The van der Waals surface area contributed by atoms with Gasteiger partial charge in [0.05, 0.1) is 10.3 Å². The molecule has 4 atom stereocenters. The highest BCUT2D eigenvalue weighted by Crippen LogP contribution is 3.10. The molecule has 7 fully saturated rings. The molecular weight excluding hydrogens is 603 g/mol. The number of carbonyl (C=O) groups excluding carboxylic acids is 1. The fourth-order valence-corrected chi connectivity index (χ4v) is 14.9. The third-order valence-electron chi connectivity index (χ3n) is 14.0. The lowest BCUT2D eigenvalue weighted by atomic mass is 8.92. The third-order valence-corrected chi connectivity index (χ3v) is 16.5. The van der Waals surface area contributed by atoms with Crippen LogP contribution in [0.2, 0.25) is 0 Å². The van der Waals surface area contributed by atoms with Gasteiger partial charge < -0.3 is 5.11 Å². The summed E-state index contributed by atoms with van der Waals surface area (Å²) < 4.78 is 97.1. The van der Waals surface area contributed by atoms with Gasteiger partial charge in [-0.3, -0.25) is 9.59 Å². The van der Waals surface area contributed by atoms with E-state index in [-0.39, 0.29) is 71.4 Å². The van der Waals surface area contributed by atoms with Crippen LogP contribution in [0.15, 0.2) is 47.4 Å². The summed E-state index contributed by atoms with van der Waals surface area (Å²) in [5, 5.41) is 9.80. The minimum absolute atomic E-state index is 0.0964. The van der Waals surface area contributed by atoms with Gasteiger partial charge in [0, 0.05) is 11.8 Å². The zero-order chi connectivity index (χ0) is 31.1. The van der Waals surface area contributed by atoms with Crippen LogP contribution in [0.1, 0.15) is 49.3 Å². The molecule has 5 nitrogen and oxygen atoms in total. The molecule has 8 aliphatic carbocycles. The van der Waals surface area contributed by atoms with Crippen LogP contribution < -0.4 is 0 Å². The van der Waals surface area contributed by atoms with E-state index in [9.17, 15) is 45.1 Å². The summed E-state index contributed by atoms with van der Waals surface area (Å²) in [4.78, 5) is 25.8. The second kappa shape index (κ2) is 7.58. The normalized spacial score (nSPS) is 44.3. The van der Waals surface area contributed by atoms with E-state index in [4.69, 9.17) is 0 Å². The van der Waals surface area contributed by atoms with Crippen molar-refractivity contribution in [3.63, 3.8) is 0 Å². The number of sulfone groups is 1. The minimum Gasteiger partial charge on any atom is -0.481 e. The van der Waals surface area contributed by atoms with Crippen LogP contribution in [0.4, 0.5) is 22.0 Å². The molecule has 44 heavy (non-hydrogen) atoms. The number of carbonyl (C=O) groups is 2. The van der Waals surface area contributed by atoms with Crippen molar-refractivity contribution >= 4 is 21.6 Å². The van der Waals surface area contributed by atoms with E-state index in [1.165, 1.54) is 18.2 Å². The van der Waals surface area contributed by atoms with E-state index in [1.807, 2.05) is 0 Å². The average Bonchev–Trinajstić information content (AvgIpc) is 3.36. The van der Waals surface area contributed by atoms with Crippen molar-refractivity contribution in [1.29, 1.82) is 0 Å². The molecule has 0 spiro atoms. The van der Waals surface area contributed by atoms with Gasteiger partial charge in [0.1, 0.15) is 16.3 Å². The quantitative estimate of drug-likeness (QED) is 0.299. The zero-order valence-electron chi connectivity index (χ0n) is 23.6. The first-order valence-electron chi connectivity index (χ1n) is 15.3. The van der Waals surface area contributed by atoms with E-state index in [2.05, 4.69) is 0 Å². The fourth-order valence-electron chi connectivity index (χ4n) is 12.4. The van der Waals surface area contributed by atoms with Crippen molar-refractivity contribution < 1.29 is 45.1 Å². The van der Waals surface area contributed by atoms with Crippen molar-refractivity contribution in [2.45, 2.75) is 60.5 Å². The Morgan fingerprint density at radius 2 is 1.50 bits per heavy atom. The predicted octanol–water partition coefficient (Wildman–Crippen LogP) is 6.00. The van der Waals surface area contributed by atoms with Gasteiger partial charge in [-0.25, -0.2) is 17.2 Å². The second-order valence-corrected chi connectivity index (χ2v) is 16.8. The Labute approximate surface area is 250 Å². The first-order valence-corrected chi connectivity index (χ1v) is 16.8. The smallest absolute Gasteiger partial charge is 0.426 e. The van der Waals surface area contributed by atoms with Crippen LogP contribution >= 0.6 is 0 Å². The third kappa shape index (κ3) is 2.43. The molecular formula is C33H29F5O5S. The SMILES string of the molecule is CC(F)(c1ccc2c(c1)CC[C@H]1[C@H](CC(=O)C34C5C6C3C3C4C5C63C(=O)O)CC[C@@]21S(=O)(=O)c1ccc(F)cc1)C(F)(F)F. The Bertz CT molecular complexity index is 1760. The summed E-state index contributed by atoms with van der Waals surface area (Å²) in [5.41, 5.74) is -4.60. The Balaban J connectivity index is 1.08. The Hall–Kier alpha value is -2.82. The number of hydrogen-bond acceptors (Lipinski definition) is 4. The number of carboxylic acids is 1. The number of halogens is 5. The summed E-state index contributed by atoms with van der Waals surface area (Å²) in [6.07, 6.45) is -3.91. The van der Waals surface area contributed by atoms with Gasteiger partial charge in [-0.1, -0.05) is 18.2 Å². The molecule has 0 heterocycles. The number of rotatable bonds is 7. The van der Waals surface area contributed by atoms with Crippen molar-refractivity contribution in [2.75, 3.05) is 0 Å². The maximum Gasteiger partial charge on any atom is 0.426 e. The highest BCUT2D eigenvalue weighted by atomic mass is 32.2. The lowest BCUT2D eigenvalue weighted by Gasteiger charge is -3.09. The van der Waals surface area contributed by atoms with Crippen LogP contribution in [-0.2, 0) is 36.3 Å². The molecule has 0 aliphatic heterocycles.